The van der Waals surface area contributed by atoms with Crippen LogP contribution in [-0.2, 0) is 16.0 Å². The van der Waals surface area contributed by atoms with Crippen LogP contribution in [0.3, 0.4) is 0 Å². The zero-order chi connectivity index (χ0) is 20.1. The number of hydrogen-bond acceptors (Lipinski definition) is 5. The average Bonchev–Trinajstić information content (AvgIpc) is 3.30. The van der Waals surface area contributed by atoms with Crippen LogP contribution in [0.15, 0.2) is 48.5 Å². The van der Waals surface area contributed by atoms with E-state index in [0.29, 0.717) is 13.1 Å². The van der Waals surface area contributed by atoms with Gasteiger partial charge in [-0.2, -0.15) is 0 Å². The van der Waals surface area contributed by atoms with Crippen molar-refractivity contribution in [2.24, 2.45) is 11.8 Å². The van der Waals surface area contributed by atoms with Gasteiger partial charge in [0.15, 0.2) is 5.78 Å². The third-order valence-corrected chi connectivity index (χ3v) is 6.47. The monoisotopic (exact) mass is 390 g/mol. The number of hydrogen-bond donors (Lipinski definition) is 2. The maximum absolute atomic E-state index is 13.4. The molecule has 1 amide bonds. The van der Waals surface area contributed by atoms with Gasteiger partial charge in [0.05, 0.1) is 11.6 Å². The molecule has 0 aromatic heterocycles. The number of piperidine rings is 1. The number of rotatable bonds is 2. The van der Waals surface area contributed by atoms with Crippen molar-refractivity contribution in [2.45, 2.75) is 32.5 Å². The predicted octanol–water partition coefficient (Wildman–Crippen LogP) is 2.03. The lowest BCUT2D eigenvalue weighted by atomic mass is 9.82. The predicted molar refractivity (Wildman–Crippen MR) is 113 cm³/mol. The Morgan fingerprint density at radius 3 is 2.66 bits per heavy atom. The highest BCUT2D eigenvalue weighted by Gasteiger charge is 2.51. The lowest BCUT2D eigenvalue weighted by Gasteiger charge is -2.36. The summed E-state index contributed by atoms with van der Waals surface area (Å²) < 4.78 is 0. The number of fused-ring (bicyclic) bond motifs is 2. The molecule has 150 valence electrons. The van der Waals surface area contributed by atoms with Crippen molar-refractivity contribution in [1.82, 2.24) is 10.7 Å². The Labute approximate surface area is 170 Å². The van der Waals surface area contributed by atoms with Gasteiger partial charge in [-0.05, 0) is 44.0 Å². The number of ketones is 1. The van der Waals surface area contributed by atoms with Gasteiger partial charge in [0.1, 0.15) is 12.1 Å². The Kier molecular flexibility index (Phi) is 4.41. The fourth-order valence-corrected chi connectivity index (χ4v) is 4.91. The van der Waals surface area contributed by atoms with Gasteiger partial charge in [-0.25, -0.2) is 5.43 Å². The Hall–Kier alpha value is -2.70. The van der Waals surface area contributed by atoms with Crippen molar-refractivity contribution in [3.63, 3.8) is 0 Å². The van der Waals surface area contributed by atoms with Gasteiger partial charge in [0.25, 0.3) is 0 Å². The van der Waals surface area contributed by atoms with E-state index < -0.39 is 5.92 Å². The number of carbonyl (C=O) groups is 2. The first kappa shape index (κ1) is 18.3. The molecule has 3 aliphatic rings. The van der Waals surface area contributed by atoms with E-state index in [1.807, 2.05) is 30.1 Å². The molecule has 2 aromatic rings. The summed E-state index contributed by atoms with van der Waals surface area (Å²) in [5, 5.41) is 5.52. The molecule has 2 N–H and O–H groups in total. The summed E-state index contributed by atoms with van der Waals surface area (Å²) in [6.45, 7) is 5.10. The maximum Gasteiger partial charge on any atom is 0.238 e. The number of benzene rings is 2. The van der Waals surface area contributed by atoms with E-state index in [1.54, 1.807) is 4.90 Å². The van der Waals surface area contributed by atoms with Gasteiger partial charge < -0.3 is 4.90 Å². The normalized spacial score (nSPS) is 28.4. The minimum Gasteiger partial charge on any atom is -0.311 e. The molecule has 2 fully saturated rings. The molecule has 5 rings (SSSR count). The van der Waals surface area contributed by atoms with Crippen LogP contribution in [0.2, 0.25) is 0 Å². The van der Waals surface area contributed by atoms with Crippen molar-refractivity contribution in [2.75, 3.05) is 23.0 Å². The molecule has 0 saturated carbocycles. The summed E-state index contributed by atoms with van der Waals surface area (Å²) in [5.74, 6) is -0.939. The van der Waals surface area contributed by atoms with Crippen molar-refractivity contribution < 1.29 is 9.59 Å². The minimum atomic E-state index is -0.635. The van der Waals surface area contributed by atoms with E-state index in [0.717, 1.165) is 17.8 Å². The van der Waals surface area contributed by atoms with E-state index in [1.165, 1.54) is 11.1 Å². The first-order valence-corrected chi connectivity index (χ1v) is 10.3. The van der Waals surface area contributed by atoms with Gasteiger partial charge in [0.2, 0.25) is 5.91 Å². The van der Waals surface area contributed by atoms with Crippen LogP contribution >= 0.6 is 0 Å². The zero-order valence-electron chi connectivity index (χ0n) is 16.8. The SMILES string of the molecule is Cc1ccc(N2NC(C)C3C(=O)C(C(=O)N4CCc5ccccc54)CNC32)cc1. The molecule has 0 bridgehead atoms. The lowest BCUT2D eigenvalue weighted by Crippen LogP contribution is -2.59. The number of hydrazine groups is 1. The smallest absolute Gasteiger partial charge is 0.238 e. The number of aryl methyl sites for hydroxylation is 1. The second-order valence-electron chi connectivity index (χ2n) is 8.33. The van der Waals surface area contributed by atoms with Gasteiger partial charge in [-0.3, -0.25) is 19.9 Å². The molecule has 4 unspecified atom stereocenters. The second kappa shape index (κ2) is 6.97. The molecular weight excluding hydrogens is 364 g/mol. The molecule has 0 aliphatic carbocycles. The molecule has 6 heteroatoms. The van der Waals surface area contributed by atoms with E-state index in [2.05, 4.69) is 48.0 Å². The van der Waals surface area contributed by atoms with Crippen LogP contribution in [-0.4, -0.2) is 37.0 Å². The lowest BCUT2D eigenvalue weighted by molar-refractivity contribution is -0.137. The van der Waals surface area contributed by atoms with E-state index in [9.17, 15) is 9.59 Å². The first-order valence-electron chi connectivity index (χ1n) is 10.3. The van der Waals surface area contributed by atoms with Crippen molar-refractivity contribution >= 4 is 23.1 Å². The third kappa shape index (κ3) is 2.94. The van der Waals surface area contributed by atoms with Crippen LogP contribution in [0.25, 0.3) is 0 Å². The van der Waals surface area contributed by atoms with Crippen LogP contribution in [0.1, 0.15) is 18.1 Å². The average molecular weight is 390 g/mol. The van der Waals surface area contributed by atoms with Gasteiger partial charge in [-0.1, -0.05) is 35.9 Å². The standard InChI is InChI=1S/C23H26N4O2/c1-14-7-9-17(10-8-14)27-22-20(15(2)25-27)21(28)18(13-24-22)23(29)26-12-11-16-5-3-4-6-19(16)26/h3-10,15,18,20,22,24-25H,11-13H2,1-2H3. The van der Waals surface area contributed by atoms with E-state index >= 15 is 0 Å². The van der Waals surface area contributed by atoms with E-state index in [-0.39, 0.29) is 29.8 Å². The Morgan fingerprint density at radius 2 is 1.86 bits per heavy atom. The second-order valence-corrected chi connectivity index (χ2v) is 8.33. The third-order valence-electron chi connectivity index (χ3n) is 6.47. The number of anilines is 2. The molecule has 4 atom stereocenters. The summed E-state index contributed by atoms with van der Waals surface area (Å²) in [4.78, 5) is 28.5. The van der Waals surface area contributed by atoms with E-state index in [4.69, 9.17) is 0 Å². The highest BCUT2D eigenvalue weighted by molar-refractivity contribution is 6.11. The number of amides is 1. The molecule has 2 aromatic carbocycles. The van der Waals surface area contributed by atoms with Crippen LogP contribution in [0, 0.1) is 18.8 Å². The molecule has 3 heterocycles. The number of nitrogens with one attached hydrogen (secondary N) is 2. The summed E-state index contributed by atoms with van der Waals surface area (Å²) in [6.07, 6.45) is 0.705. The van der Waals surface area contributed by atoms with Gasteiger partial charge >= 0.3 is 0 Å². The molecular formula is C23H26N4O2. The maximum atomic E-state index is 13.4. The van der Waals surface area contributed by atoms with Gasteiger partial charge in [-0.15, -0.1) is 0 Å². The molecule has 3 aliphatic heterocycles. The van der Waals surface area contributed by atoms with Crippen LogP contribution in [0.5, 0.6) is 0 Å². The number of nitrogens with zero attached hydrogens (tertiary/aromatic N) is 2. The molecule has 6 nitrogen and oxygen atoms in total. The fourth-order valence-electron chi connectivity index (χ4n) is 4.91. The Balaban J connectivity index is 1.37. The highest BCUT2D eigenvalue weighted by atomic mass is 16.2. The summed E-state index contributed by atoms with van der Waals surface area (Å²) in [6, 6.07) is 16.2. The minimum absolute atomic E-state index is 0.0391. The molecule has 29 heavy (non-hydrogen) atoms. The topological polar surface area (TPSA) is 64.7 Å². The van der Waals surface area contributed by atoms with Crippen molar-refractivity contribution in [3.8, 4) is 0 Å². The quantitative estimate of drug-likeness (QED) is 0.769. The fraction of sp³-hybridized carbons (Fsp3) is 0.391. The molecule has 0 spiro atoms. The number of para-hydroxylation sites is 1. The van der Waals surface area contributed by atoms with Crippen molar-refractivity contribution in [3.05, 3.63) is 59.7 Å². The Bertz CT molecular complexity index is 958. The van der Waals surface area contributed by atoms with Gasteiger partial charge in [0, 0.05) is 24.8 Å². The Morgan fingerprint density at radius 1 is 1.10 bits per heavy atom. The van der Waals surface area contributed by atoms with Crippen LogP contribution in [0.4, 0.5) is 11.4 Å². The number of Topliss-reactive ketones (excluding diaryl/α,β-unsaturated/α-hetero) is 1. The molecule has 2 saturated heterocycles. The van der Waals surface area contributed by atoms with Crippen molar-refractivity contribution in [1.29, 1.82) is 0 Å². The first-order chi connectivity index (χ1) is 14.0. The largest absolute Gasteiger partial charge is 0.311 e. The summed E-state index contributed by atoms with van der Waals surface area (Å²) in [5.41, 5.74) is 7.78. The zero-order valence-corrected chi connectivity index (χ0v) is 16.8. The molecule has 0 radical (unpaired) electrons. The van der Waals surface area contributed by atoms with Crippen LogP contribution < -0.4 is 20.7 Å². The highest BCUT2D eigenvalue weighted by Crippen LogP contribution is 2.34. The summed E-state index contributed by atoms with van der Waals surface area (Å²) in [7, 11) is 0. The summed E-state index contributed by atoms with van der Waals surface area (Å²) >= 11 is 0. The number of carbonyl (C=O) groups excluding carboxylic acids is 2.